The van der Waals surface area contributed by atoms with Crippen LogP contribution in [0.1, 0.15) is 6.92 Å². The van der Waals surface area contributed by atoms with Crippen LogP contribution in [0.5, 0.6) is 0 Å². The molecule has 0 aromatic carbocycles. The Morgan fingerprint density at radius 2 is 1.74 bits per heavy atom. The molecule has 0 unspecified atom stereocenters. The fraction of sp³-hybridized carbons (Fsp3) is 0.500. The smallest absolute Gasteiger partial charge is 0.312 e. The first-order valence-corrected chi connectivity index (χ1v) is 7.45. The minimum Gasteiger partial charge on any atom is -0.312 e. The summed E-state index contributed by atoms with van der Waals surface area (Å²) in [5, 5.41) is -0.229. The van der Waals surface area contributed by atoms with Crippen LogP contribution < -0.4 is 11.2 Å². The van der Waals surface area contributed by atoms with Crippen molar-refractivity contribution in [2.45, 2.75) is 18.6 Å². The van der Waals surface area contributed by atoms with Gasteiger partial charge in [-0.25, -0.2) is 13.2 Å². The molecule has 0 N–H and O–H groups in total. The van der Waals surface area contributed by atoms with Crippen molar-refractivity contribution < 1.29 is 8.42 Å². The molecule has 0 bridgehead atoms. The topological polar surface area (TPSA) is 96.0 Å². The molecule has 104 valence electrons. The summed E-state index contributed by atoms with van der Waals surface area (Å²) in [6.45, 7) is 2.02. The Bertz CT molecular complexity index is 885. The van der Waals surface area contributed by atoms with Gasteiger partial charge in [-0.3, -0.25) is 13.9 Å². The fourth-order valence-corrected chi connectivity index (χ4v) is 2.87. The molecule has 0 aliphatic heterocycles. The van der Waals surface area contributed by atoms with Crippen LogP contribution in [-0.2, 0) is 30.5 Å². The lowest BCUT2D eigenvalue weighted by Crippen LogP contribution is -2.38. The van der Waals surface area contributed by atoms with Gasteiger partial charge in [-0.05, 0) is 6.92 Å². The Hall–Kier alpha value is -1.90. The molecule has 2 aromatic heterocycles. The molecule has 0 spiro atoms. The molecule has 0 aliphatic rings. The Balaban J connectivity index is 3.17. The summed E-state index contributed by atoms with van der Waals surface area (Å²) < 4.78 is 26.7. The van der Waals surface area contributed by atoms with Gasteiger partial charge < -0.3 is 4.57 Å². The molecule has 0 aliphatic carbocycles. The molecule has 0 fully saturated rings. The van der Waals surface area contributed by atoms with Crippen molar-refractivity contribution in [3.05, 3.63) is 20.8 Å². The van der Waals surface area contributed by atoms with Crippen LogP contribution in [0, 0.1) is 0 Å². The van der Waals surface area contributed by atoms with Gasteiger partial charge in [-0.1, -0.05) is 0 Å². The zero-order valence-corrected chi connectivity index (χ0v) is 11.9. The molecule has 2 aromatic rings. The average Bonchev–Trinajstić information content (AvgIpc) is 2.65. The van der Waals surface area contributed by atoms with Gasteiger partial charge in [0.1, 0.15) is 0 Å². The van der Waals surface area contributed by atoms with Gasteiger partial charge in [-0.15, -0.1) is 0 Å². The van der Waals surface area contributed by atoms with E-state index in [0.717, 1.165) is 10.8 Å². The molecule has 0 amide bonds. The average molecular weight is 286 g/mol. The molecule has 19 heavy (non-hydrogen) atoms. The van der Waals surface area contributed by atoms with Gasteiger partial charge in [0.15, 0.2) is 11.2 Å². The van der Waals surface area contributed by atoms with Crippen LogP contribution in [0.3, 0.4) is 0 Å². The first kappa shape index (κ1) is 13.5. The summed E-state index contributed by atoms with van der Waals surface area (Å²) in [6, 6.07) is 0. The van der Waals surface area contributed by atoms with Gasteiger partial charge >= 0.3 is 5.69 Å². The van der Waals surface area contributed by atoms with Gasteiger partial charge in [0, 0.05) is 26.9 Å². The van der Waals surface area contributed by atoms with Crippen molar-refractivity contribution in [1.29, 1.82) is 0 Å². The van der Waals surface area contributed by atoms with E-state index < -0.39 is 21.1 Å². The second kappa shape index (κ2) is 4.05. The first-order valence-electron chi connectivity index (χ1n) is 5.56. The Morgan fingerprint density at radius 3 is 2.21 bits per heavy atom. The van der Waals surface area contributed by atoms with Crippen LogP contribution in [0.4, 0.5) is 0 Å². The van der Waals surface area contributed by atoms with Crippen molar-refractivity contribution in [2.75, 3.05) is 6.26 Å². The molecule has 2 heterocycles. The maximum absolute atomic E-state index is 12.1. The highest BCUT2D eigenvalue weighted by atomic mass is 32.2. The van der Waals surface area contributed by atoms with Crippen LogP contribution in [0.15, 0.2) is 14.7 Å². The number of aryl methyl sites for hydroxylation is 2. The van der Waals surface area contributed by atoms with E-state index in [-0.39, 0.29) is 16.3 Å². The van der Waals surface area contributed by atoms with E-state index in [1.165, 1.54) is 23.2 Å². The second-order valence-corrected chi connectivity index (χ2v) is 6.20. The summed E-state index contributed by atoms with van der Waals surface area (Å²) >= 11 is 0. The number of hydrogen-bond donors (Lipinski definition) is 0. The fourth-order valence-electron chi connectivity index (χ4n) is 2.03. The summed E-state index contributed by atoms with van der Waals surface area (Å²) in [5.74, 6) is 0. The monoisotopic (exact) mass is 286 g/mol. The highest BCUT2D eigenvalue weighted by molar-refractivity contribution is 7.90. The predicted octanol–water partition coefficient (Wildman–Crippen LogP) is -1.14. The van der Waals surface area contributed by atoms with Gasteiger partial charge in [0.05, 0.1) is 0 Å². The van der Waals surface area contributed by atoms with Crippen molar-refractivity contribution in [2.24, 2.45) is 14.1 Å². The maximum Gasteiger partial charge on any atom is 0.332 e. The standard InChI is InChI=1S/C10H14N4O4S/c1-5-14-7-6(8(15)13(3)10(14)16)12(2)9(11-7)19(4,17)18/h5H2,1-4H3. The molecule has 0 atom stereocenters. The zero-order chi connectivity index (χ0) is 14.5. The van der Waals surface area contributed by atoms with Crippen LogP contribution in [-0.4, -0.2) is 33.4 Å². The number of nitrogens with zero attached hydrogens (tertiary/aromatic N) is 4. The number of hydrogen-bond acceptors (Lipinski definition) is 5. The van der Waals surface area contributed by atoms with E-state index in [4.69, 9.17) is 0 Å². The summed E-state index contributed by atoms with van der Waals surface area (Å²) in [4.78, 5) is 27.9. The third kappa shape index (κ3) is 1.81. The zero-order valence-electron chi connectivity index (χ0n) is 11.0. The van der Waals surface area contributed by atoms with Crippen LogP contribution in [0.25, 0.3) is 11.2 Å². The normalized spacial score (nSPS) is 12.2. The summed E-state index contributed by atoms with van der Waals surface area (Å²) in [7, 11) is -0.782. The third-order valence-electron chi connectivity index (χ3n) is 2.96. The Morgan fingerprint density at radius 1 is 1.16 bits per heavy atom. The van der Waals surface area contributed by atoms with Crippen LogP contribution in [0.2, 0.25) is 0 Å². The van der Waals surface area contributed by atoms with E-state index in [1.54, 1.807) is 6.92 Å². The number of fused-ring (bicyclic) bond motifs is 1. The molecular weight excluding hydrogens is 272 g/mol. The molecule has 0 saturated heterocycles. The lowest BCUT2D eigenvalue weighted by atomic mass is 10.5. The minimum atomic E-state index is -3.57. The van der Waals surface area contributed by atoms with Crippen molar-refractivity contribution in [3.8, 4) is 0 Å². The first-order chi connectivity index (χ1) is 8.70. The number of rotatable bonds is 2. The largest absolute Gasteiger partial charge is 0.332 e. The highest BCUT2D eigenvalue weighted by Gasteiger charge is 2.22. The summed E-state index contributed by atoms with van der Waals surface area (Å²) in [5.41, 5.74) is -0.879. The van der Waals surface area contributed by atoms with Crippen molar-refractivity contribution >= 4 is 21.0 Å². The van der Waals surface area contributed by atoms with Gasteiger partial charge in [0.2, 0.25) is 15.0 Å². The van der Waals surface area contributed by atoms with Gasteiger partial charge in [0.25, 0.3) is 5.56 Å². The molecule has 0 saturated carbocycles. The third-order valence-corrected chi connectivity index (χ3v) is 3.99. The number of imidazole rings is 1. The van der Waals surface area contributed by atoms with Gasteiger partial charge in [-0.2, -0.15) is 4.98 Å². The molecule has 8 nitrogen and oxygen atoms in total. The SMILES string of the molecule is CCn1c(=O)n(C)c(=O)c2c1nc(S(C)(=O)=O)n2C. The van der Waals surface area contributed by atoms with E-state index >= 15 is 0 Å². The van der Waals surface area contributed by atoms with E-state index in [1.807, 2.05) is 0 Å². The Labute approximate surface area is 108 Å². The highest BCUT2D eigenvalue weighted by Crippen LogP contribution is 2.13. The summed E-state index contributed by atoms with van der Waals surface area (Å²) in [6.07, 6.45) is 1.01. The molecule has 0 radical (unpaired) electrons. The minimum absolute atomic E-state index is 0.0959. The second-order valence-electron chi connectivity index (χ2n) is 4.29. The maximum atomic E-state index is 12.1. The van der Waals surface area contributed by atoms with E-state index in [9.17, 15) is 18.0 Å². The molecule has 2 rings (SSSR count). The quantitative estimate of drug-likeness (QED) is 0.695. The lowest BCUT2D eigenvalue weighted by molar-refractivity contribution is 0.586. The number of aromatic nitrogens is 4. The van der Waals surface area contributed by atoms with Crippen LogP contribution >= 0.6 is 0 Å². The molecule has 9 heteroatoms. The van der Waals surface area contributed by atoms with E-state index in [2.05, 4.69) is 4.98 Å². The van der Waals surface area contributed by atoms with Crippen molar-refractivity contribution in [1.82, 2.24) is 18.7 Å². The Kier molecular flexibility index (Phi) is 2.89. The predicted molar refractivity (Wildman–Crippen MR) is 69.0 cm³/mol. The lowest BCUT2D eigenvalue weighted by Gasteiger charge is -2.05. The molecular formula is C10H14N4O4S. The van der Waals surface area contributed by atoms with E-state index in [0.29, 0.717) is 6.54 Å². The van der Waals surface area contributed by atoms with Crippen molar-refractivity contribution in [3.63, 3.8) is 0 Å². The number of sulfone groups is 1.